The van der Waals surface area contributed by atoms with Gasteiger partial charge in [-0.1, -0.05) is 60.2 Å². The van der Waals surface area contributed by atoms with Crippen LogP contribution in [0.25, 0.3) is 0 Å². The largest absolute Gasteiger partial charge is 0.442 e. The third-order valence-corrected chi connectivity index (χ3v) is 4.57. The third-order valence-electron chi connectivity index (χ3n) is 4.57. The lowest BCUT2D eigenvalue weighted by molar-refractivity contribution is -0.337. The summed E-state index contributed by atoms with van der Waals surface area (Å²) >= 11 is 0. The van der Waals surface area contributed by atoms with Gasteiger partial charge in [0.1, 0.15) is 5.41 Å². The van der Waals surface area contributed by atoms with Gasteiger partial charge in [-0.25, -0.2) is 0 Å². The van der Waals surface area contributed by atoms with Crippen LogP contribution >= 0.6 is 0 Å². The number of carbonyl (C=O) groups is 1. The summed E-state index contributed by atoms with van der Waals surface area (Å²) in [7, 11) is 0. The van der Waals surface area contributed by atoms with E-state index in [9.17, 15) is 18.0 Å². The van der Waals surface area contributed by atoms with Gasteiger partial charge in [-0.15, -0.1) is 0 Å². The molecule has 0 amide bonds. The number of cyclic esters (lactones) is 1. The topological polar surface area (TPSA) is 26.3 Å². The second-order valence-corrected chi connectivity index (χ2v) is 5.93. The molecular weight excluding hydrogens is 305 g/mol. The van der Waals surface area contributed by atoms with E-state index in [-0.39, 0.29) is 5.56 Å². The van der Waals surface area contributed by atoms with E-state index in [0.717, 1.165) is 5.56 Å². The fourth-order valence-electron chi connectivity index (χ4n) is 3.17. The molecule has 1 fully saturated rings. The molecule has 3 rings (SSSR count). The van der Waals surface area contributed by atoms with Crippen molar-refractivity contribution in [2.45, 2.75) is 31.0 Å². The van der Waals surface area contributed by atoms with Crippen LogP contribution in [0, 0.1) is 6.92 Å². The summed E-state index contributed by atoms with van der Waals surface area (Å²) in [4.78, 5) is 12.2. The molecule has 23 heavy (non-hydrogen) atoms. The number of ether oxygens (including phenoxy) is 1. The van der Waals surface area contributed by atoms with Crippen LogP contribution in [0.3, 0.4) is 0 Å². The van der Waals surface area contributed by atoms with Gasteiger partial charge in [0.25, 0.3) is 5.60 Å². The fourth-order valence-corrected chi connectivity index (χ4v) is 3.17. The van der Waals surface area contributed by atoms with Crippen LogP contribution in [0.2, 0.25) is 0 Å². The fraction of sp³-hybridized carbons (Fsp3) is 0.278. The van der Waals surface area contributed by atoms with E-state index in [2.05, 4.69) is 0 Å². The smallest absolute Gasteiger partial charge is 0.434 e. The molecule has 1 aliphatic rings. The van der Waals surface area contributed by atoms with Crippen molar-refractivity contribution >= 4 is 5.97 Å². The third kappa shape index (κ3) is 1.92. The zero-order valence-electron chi connectivity index (χ0n) is 12.6. The first-order valence-electron chi connectivity index (χ1n) is 7.16. The van der Waals surface area contributed by atoms with Crippen LogP contribution in [0.4, 0.5) is 13.2 Å². The molecule has 0 spiro atoms. The average Bonchev–Trinajstić information content (AvgIpc) is 2.52. The number of benzene rings is 2. The highest BCUT2D eigenvalue weighted by Crippen LogP contribution is 2.61. The van der Waals surface area contributed by atoms with Gasteiger partial charge in [0.05, 0.1) is 0 Å². The SMILES string of the molecule is Cc1ccc([C@]2(C)C(=O)O[C@]2(c2ccccc2)C(F)(F)F)cc1. The Morgan fingerprint density at radius 3 is 1.96 bits per heavy atom. The zero-order chi connectivity index (χ0) is 16.9. The van der Waals surface area contributed by atoms with Crippen LogP contribution in [0.1, 0.15) is 23.6 Å². The first kappa shape index (κ1) is 15.6. The van der Waals surface area contributed by atoms with E-state index in [1.165, 1.54) is 31.2 Å². The molecule has 0 radical (unpaired) electrons. The second kappa shape index (κ2) is 4.85. The molecule has 120 valence electrons. The van der Waals surface area contributed by atoms with Crippen molar-refractivity contribution in [3.8, 4) is 0 Å². The number of alkyl halides is 3. The van der Waals surface area contributed by atoms with Gasteiger partial charge in [-0.3, -0.25) is 4.79 Å². The van der Waals surface area contributed by atoms with Crippen molar-refractivity contribution in [3.05, 3.63) is 71.3 Å². The number of esters is 1. The molecule has 2 aromatic rings. The van der Waals surface area contributed by atoms with Gasteiger partial charge in [0.2, 0.25) is 0 Å². The number of hydrogen-bond acceptors (Lipinski definition) is 2. The second-order valence-electron chi connectivity index (χ2n) is 5.93. The first-order valence-corrected chi connectivity index (χ1v) is 7.16. The molecule has 5 heteroatoms. The van der Waals surface area contributed by atoms with Gasteiger partial charge < -0.3 is 4.74 Å². The minimum Gasteiger partial charge on any atom is -0.442 e. The van der Waals surface area contributed by atoms with E-state index in [0.29, 0.717) is 5.56 Å². The van der Waals surface area contributed by atoms with E-state index >= 15 is 0 Å². The van der Waals surface area contributed by atoms with Crippen LogP contribution in [0.15, 0.2) is 54.6 Å². The normalized spacial score (nSPS) is 27.3. The molecule has 1 heterocycles. The molecule has 2 aromatic carbocycles. The number of rotatable bonds is 2. The molecule has 0 N–H and O–H groups in total. The Labute approximate surface area is 131 Å². The Morgan fingerprint density at radius 2 is 1.48 bits per heavy atom. The molecule has 2 nitrogen and oxygen atoms in total. The highest BCUT2D eigenvalue weighted by Gasteiger charge is 2.80. The van der Waals surface area contributed by atoms with Gasteiger partial charge in [0.15, 0.2) is 0 Å². The van der Waals surface area contributed by atoms with Gasteiger partial charge in [0, 0.05) is 5.56 Å². The van der Waals surface area contributed by atoms with Crippen molar-refractivity contribution in [1.29, 1.82) is 0 Å². The summed E-state index contributed by atoms with van der Waals surface area (Å²) in [6, 6.07) is 13.8. The molecule has 0 aromatic heterocycles. The predicted molar refractivity (Wildman–Crippen MR) is 78.8 cm³/mol. The van der Waals surface area contributed by atoms with Crippen molar-refractivity contribution in [2.75, 3.05) is 0 Å². The maximum absolute atomic E-state index is 14.0. The predicted octanol–water partition coefficient (Wildman–Crippen LogP) is 4.27. The minimum atomic E-state index is -4.73. The molecule has 0 aliphatic carbocycles. The van der Waals surface area contributed by atoms with Gasteiger partial charge in [-0.05, 0) is 19.4 Å². The molecule has 0 saturated carbocycles. The average molecular weight is 320 g/mol. The monoisotopic (exact) mass is 320 g/mol. The van der Waals surface area contributed by atoms with Gasteiger partial charge >= 0.3 is 12.1 Å². The minimum absolute atomic E-state index is 0.0739. The number of hydrogen-bond donors (Lipinski definition) is 0. The van der Waals surface area contributed by atoms with Gasteiger partial charge in [-0.2, -0.15) is 13.2 Å². The molecule has 0 unspecified atom stereocenters. The lowest BCUT2D eigenvalue weighted by atomic mass is 9.60. The number of halogens is 3. The Bertz CT molecular complexity index is 737. The Hall–Kier alpha value is -2.30. The van der Waals surface area contributed by atoms with Crippen LogP contribution in [-0.4, -0.2) is 12.1 Å². The maximum atomic E-state index is 14.0. The lowest BCUT2D eigenvalue weighted by Crippen LogP contribution is -2.72. The standard InChI is InChI=1S/C18H15F3O2/c1-12-8-10-13(11-9-12)16(2)15(22)23-17(16,18(19,20)21)14-6-4-3-5-7-14/h3-11H,1-2H3/t16-,17+/m1/s1. The highest BCUT2D eigenvalue weighted by atomic mass is 19.4. The molecular formula is C18H15F3O2. The Kier molecular flexibility index (Phi) is 3.29. The first-order chi connectivity index (χ1) is 10.7. The van der Waals surface area contributed by atoms with Crippen LogP contribution in [0.5, 0.6) is 0 Å². The summed E-state index contributed by atoms with van der Waals surface area (Å²) in [6.07, 6.45) is -4.73. The van der Waals surface area contributed by atoms with Crippen molar-refractivity contribution in [3.63, 3.8) is 0 Å². The number of aryl methyl sites for hydroxylation is 1. The van der Waals surface area contributed by atoms with Crippen LogP contribution in [-0.2, 0) is 20.5 Å². The maximum Gasteiger partial charge on any atom is 0.434 e. The summed E-state index contributed by atoms with van der Waals surface area (Å²) in [5.74, 6) is -0.873. The summed E-state index contributed by atoms with van der Waals surface area (Å²) in [5.41, 5.74) is -3.37. The van der Waals surface area contributed by atoms with E-state index in [1.807, 2.05) is 6.92 Å². The van der Waals surface area contributed by atoms with Crippen LogP contribution < -0.4 is 0 Å². The number of carbonyl (C=O) groups excluding carboxylic acids is 1. The molecule has 0 bridgehead atoms. The summed E-state index contributed by atoms with van der Waals surface area (Å²) in [6.45, 7) is 3.13. The Morgan fingerprint density at radius 1 is 0.913 bits per heavy atom. The summed E-state index contributed by atoms with van der Waals surface area (Å²) < 4.78 is 46.8. The highest BCUT2D eigenvalue weighted by molar-refractivity contribution is 5.92. The van der Waals surface area contributed by atoms with E-state index < -0.39 is 23.2 Å². The van der Waals surface area contributed by atoms with Crippen molar-refractivity contribution in [2.24, 2.45) is 0 Å². The molecule has 2 atom stereocenters. The van der Waals surface area contributed by atoms with Crippen molar-refractivity contribution in [1.82, 2.24) is 0 Å². The zero-order valence-corrected chi connectivity index (χ0v) is 12.6. The molecule has 1 saturated heterocycles. The Balaban J connectivity index is 2.25. The lowest BCUT2D eigenvalue weighted by Gasteiger charge is -2.55. The van der Waals surface area contributed by atoms with Crippen molar-refractivity contribution < 1.29 is 22.7 Å². The quantitative estimate of drug-likeness (QED) is 0.773. The molecule has 1 aliphatic heterocycles. The van der Waals surface area contributed by atoms with E-state index in [4.69, 9.17) is 4.74 Å². The van der Waals surface area contributed by atoms with E-state index in [1.54, 1.807) is 30.3 Å². The summed E-state index contributed by atoms with van der Waals surface area (Å²) in [5, 5.41) is 0.